The fourth-order valence-electron chi connectivity index (χ4n) is 1.45. The highest BCUT2D eigenvalue weighted by atomic mass is 35.5. The fourth-order valence-corrected chi connectivity index (χ4v) is 1.71. The van der Waals surface area contributed by atoms with Crippen LogP contribution in [-0.4, -0.2) is 24.0 Å². The molecule has 1 aliphatic heterocycles. The average molecular weight is 211 g/mol. The van der Waals surface area contributed by atoms with E-state index in [9.17, 15) is 5.11 Å². The second-order valence-electron chi connectivity index (χ2n) is 3.14. The number of nitrogens with one attached hydrogen (secondary N) is 1. The van der Waals surface area contributed by atoms with Gasteiger partial charge in [-0.15, -0.1) is 0 Å². The molecule has 0 unspecified atom stereocenters. The predicted octanol–water partition coefficient (Wildman–Crippen LogP) is 1.79. The van der Waals surface area contributed by atoms with Gasteiger partial charge in [0, 0.05) is 13.1 Å². The van der Waals surface area contributed by atoms with Crippen LogP contribution in [0.5, 0.6) is 5.75 Å². The summed E-state index contributed by atoms with van der Waals surface area (Å²) in [5, 5.41) is 13.3. The van der Waals surface area contributed by atoms with Crippen LogP contribution in [0, 0.1) is 0 Å². The quantitative estimate of drug-likeness (QED) is 0.742. The summed E-state index contributed by atoms with van der Waals surface area (Å²) in [4.78, 5) is 4.28. The Labute approximate surface area is 87.4 Å². The summed E-state index contributed by atoms with van der Waals surface area (Å²) < 4.78 is 0. The smallest absolute Gasteiger partial charge is 0.133 e. The summed E-state index contributed by atoms with van der Waals surface area (Å²) in [5.41, 5.74) is 0.605. The van der Waals surface area contributed by atoms with Crippen LogP contribution in [0.15, 0.2) is 23.2 Å². The van der Waals surface area contributed by atoms with Gasteiger partial charge in [-0.05, 0) is 18.6 Å². The maximum absolute atomic E-state index is 9.64. The third-order valence-electron chi connectivity index (χ3n) is 2.13. The Hall–Kier alpha value is -1.22. The molecular weight excluding hydrogens is 200 g/mol. The lowest BCUT2D eigenvalue weighted by Gasteiger charge is -2.16. The van der Waals surface area contributed by atoms with Gasteiger partial charge in [0.2, 0.25) is 0 Å². The van der Waals surface area contributed by atoms with Crippen molar-refractivity contribution in [1.29, 1.82) is 0 Å². The molecule has 1 aromatic carbocycles. The molecule has 0 atom stereocenters. The van der Waals surface area contributed by atoms with Gasteiger partial charge in [-0.2, -0.15) is 0 Å². The summed E-state index contributed by atoms with van der Waals surface area (Å²) in [7, 11) is 0. The van der Waals surface area contributed by atoms with Crippen molar-refractivity contribution in [3.05, 3.63) is 28.8 Å². The first-order chi connectivity index (χ1) is 6.79. The molecule has 4 heteroatoms. The molecule has 1 aliphatic rings. The maximum Gasteiger partial charge on any atom is 0.133 e. The summed E-state index contributed by atoms with van der Waals surface area (Å²) in [6.45, 7) is 1.66. The molecule has 0 aliphatic carbocycles. The van der Waals surface area contributed by atoms with Crippen molar-refractivity contribution in [2.75, 3.05) is 13.1 Å². The van der Waals surface area contributed by atoms with E-state index in [-0.39, 0.29) is 5.75 Å². The van der Waals surface area contributed by atoms with Gasteiger partial charge in [0.25, 0.3) is 0 Å². The highest BCUT2D eigenvalue weighted by molar-refractivity contribution is 6.34. The Bertz CT molecular complexity index is 356. The van der Waals surface area contributed by atoms with Crippen molar-refractivity contribution >= 4 is 17.4 Å². The Morgan fingerprint density at radius 3 is 2.93 bits per heavy atom. The van der Waals surface area contributed by atoms with Gasteiger partial charge in [0.15, 0.2) is 0 Å². The zero-order chi connectivity index (χ0) is 9.97. The van der Waals surface area contributed by atoms with Crippen molar-refractivity contribution in [1.82, 2.24) is 5.32 Å². The number of aromatic hydroxyl groups is 1. The molecule has 1 aromatic rings. The second-order valence-corrected chi connectivity index (χ2v) is 3.55. The first kappa shape index (κ1) is 9.34. The Balaban J connectivity index is 2.44. The largest absolute Gasteiger partial charge is 0.507 e. The van der Waals surface area contributed by atoms with E-state index in [0.717, 1.165) is 19.5 Å². The van der Waals surface area contributed by atoms with Crippen molar-refractivity contribution < 1.29 is 5.11 Å². The summed E-state index contributed by atoms with van der Waals surface area (Å²) in [5.74, 6) is 0.866. The molecule has 0 amide bonds. The zero-order valence-electron chi connectivity index (χ0n) is 7.63. The topological polar surface area (TPSA) is 44.6 Å². The average Bonchev–Trinajstić information content (AvgIpc) is 2.19. The summed E-state index contributed by atoms with van der Waals surface area (Å²) >= 11 is 5.98. The number of hydrogen-bond donors (Lipinski definition) is 2. The van der Waals surface area contributed by atoms with E-state index in [4.69, 9.17) is 11.6 Å². The van der Waals surface area contributed by atoms with Crippen LogP contribution in [0.2, 0.25) is 5.02 Å². The van der Waals surface area contributed by atoms with E-state index < -0.39 is 0 Å². The van der Waals surface area contributed by atoms with Gasteiger partial charge in [-0.25, -0.2) is 0 Å². The van der Waals surface area contributed by atoms with Crippen LogP contribution in [-0.2, 0) is 0 Å². The zero-order valence-corrected chi connectivity index (χ0v) is 8.38. The minimum Gasteiger partial charge on any atom is -0.507 e. The lowest BCUT2D eigenvalue weighted by Crippen LogP contribution is -2.30. The number of phenols is 1. The Morgan fingerprint density at radius 1 is 1.43 bits per heavy atom. The molecule has 14 heavy (non-hydrogen) atoms. The van der Waals surface area contributed by atoms with Crippen molar-refractivity contribution in [3.63, 3.8) is 0 Å². The second kappa shape index (κ2) is 3.88. The van der Waals surface area contributed by atoms with Crippen LogP contribution in [0.4, 0.5) is 0 Å². The van der Waals surface area contributed by atoms with Crippen molar-refractivity contribution in [2.45, 2.75) is 6.42 Å². The number of benzene rings is 1. The lowest BCUT2D eigenvalue weighted by molar-refractivity contribution is 0.473. The van der Waals surface area contributed by atoms with Crippen LogP contribution in [0.3, 0.4) is 0 Å². The molecule has 0 saturated carbocycles. The number of nitrogens with zero attached hydrogens (tertiary/aromatic N) is 1. The number of halogens is 1. The van der Waals surface area contributed by atoms with Gasteiger partial charge < -0.3 is 10.4 Å². The van der Waals surface area contributed by atoms with Crippen LogP contribution < -0.4 is 5.32 Å². The van der Waals surface area contributed by atoms with Gasteiger partial charge in [-0.3, -0.25) is 4.99 Å². The van der Waals surface area contributed by atoms with E-state index in [0.29, 0.717) is 16.4 Å². The molecule has 2 rings (SSSR count). The number of aliphatic imine (C=N–C) groups is 1. The Morgan fingerprint density at radius 2 is 2.29 bits per heavy atom. The van der Waals surface area contributed by atoms with E-state index >= 15 is 0 Å². The molecular formula is C10H11ClN2O. The predicted molar refractivity (Wildman–Crippen MR) is 57.1 cm³/mol. The SMILES string of the molecule is Oc1cccc(Cl)c1C1=NCCCN1. The Kier molecular flexibility index (Phi) is 2.59. The number of rotatable bonds is 1. The molecule has 0 fully saturated rings. The minimum atomic E-state index is 0.172. The van der Waals surface area contributed by atoms with Gasteiger partial charge in [-0.1, -0.05) is 17.7 Å². The highest BCUT2D eigenvalue weighted by Crippen LogP contribution is 2.25. The van der Waals surface area contributed by atoms with Gasteiger partial charge >= 0.3 is 0 Å². The van der Waals surface area contributed by atoms with Crippen molar-refractivity contribution in [3.8, 4) is 5.75 Å². The normalized spacial score (nSPS) is 15.9. The molecule has 2 N–H and O–H groups in total. The third kappa shape index (κ3) is 1.68. The fraction of sp³-hybridized carbons (Fsp3) is 0.300. The molecule has 3 nitrogen and oxygen atoms in total. The lowest BCUT2D eigenvalue weighted by atomic mass is 10.1. The first-order valence-electron chi connectivity index (χ1n) is 4.55. The van der Waals surface area contributed by atoms with Gasteiger partial charge in [0.05, 0.1) is 10.6 Å². The summed E-state index contributed by atoms with van der Waals surface area (Å²) in [6.07, 6.45) is 1.02. The van der Waals surface area contributed by atoms with E-state index in [1.807, 2.05) is 0 Å². The van der Waals surface area contributed by atoms with Crippen LogP contribution in [0.25, 0.3) is 0 Å². The molecule has 1 heterocycles. The molecule has 0 saturated heterocycles. The monoisotopic (exact) mass is 210 g/mol. The summed E-state index contributed by atoms with van der Waals surface area (Å²) in [6, 6.07) is 5.07. The van der Waals surface area contributed by atoms with Crippen LogP contribution in [0.1, 0.15) is 12.0 Å². The first-order valence-corrected chi connectivity index (χ1v) is 4.93. The molecule has 74 valence electrons. The number of hydrogen-bond acceptors (Lipinski definition) is 3. The molecule has 0 aromatic heterocycles. The maximum atomic E-state index is 9.64. The number of phenolic OH excluding ortho intramolecular Hbond substituents is 1. The number of amidine groups is 1. The van der Waals surface area contributed by atoms with E-state index in [1.54, 1.807) is 18.2 Å². The van der Waals surface area contributed by atoms with Crippen molar-refractivity contribution in [2.24, 2.45) is 4.99 Å². The van der Waals surface area contributed by atoms with E-state index in [2.05, 4.69) is 10.3 Å². The molecule has 0 spiro atoms. The highest BCUT2D eigenvalue weighted by Gasteiger charge is 2.14. The van der Waals surface area contributed by atoms with Gasteiger partial charge in [0.1, 0.15) is 11.6 Å². The van der Waals surface area contributed by atoms with Crippen LogP contribution >= 0.6 is 11.6 Å². The van der Waals surface area contributed by atoms with E-state index in [1.165, 1.54) is 0 Å². The standard InChI is InChI=1S/C10H11ClN2O/c11-7-3-1-4-8(14)9(7)10-12-5-2-6-13-10/h1,3-4,14H,2,5-6H2,(H,12,13). The third-order valence-corrected chi connectivity index (χ3v) is 2.44. The minimum absolute atomic E-state index is 0.172. The molecule has 0 bridgehead atoms. The molecule has 0 radical (unpaired) electrons.